The number of nitrogens with one attached hydrogen (secondary N) is 1. The smallest absolute Gasteiger partial charge is 0.223 e. The van der Waals surface area contributed by atoms with Gasteiger partial charge in [0.25, 0.3) is 0 Å². The van der Waals surface area contributed by atoms with Gasteiger partial charge in [0, 0.05) is 20.0 Å². The maximum atomic E-state index is 13.7. The molecule has 0 saturated carbocycles. The summed E-state index contributed by atoms with van der Waals surface area (Å²) in [6, 6.07) is 12.3. The lowest BCUT2D eigenvalue weighted by molar-refractivity contribution is -0.139. The highest BCUT2D eigenvalue weighted by Crippen LogP contribution is 2.22. The molecule has 6 heteroatoms. The maximum Gasteiger partial charge on any atom is 0.223 e. The van der Waals surface area contributed by atoms with Gasteiger partial charge in [-0.15, -0.1) is 0 Å². The van der Waals surface area contributed by atoms with Crippen LogP contribution in [-0.4, -0.2) is 42.5 Å². The molecule has 1 saturated heterocycles. The molecule has 0 aliphatic carbocycles. The topological polar surface area (TPSA) is 54.5 Å². The number of nitrogens with zero attached hydrogens (tertiary/aromatic N) is 2. The molecule has 1 amide bonds. The Balaban J connectivity index is 1.60. The number of morpholine rings is 1. The van der Waals surface area contributed by atoms with Gasteiger partial charge in [0.05, 0.1) is 18.8 Å². The molecule has 1 unspecified atom stereocenters. The highest BCUT2D eigenvalue weighted by Gasteiger charge is 2.26. The van der Waals surface area contributed by atoms with Crippen LogP contribution in [0.1, 0.15) is 23.8 Å². The zero-order chi connectivity index (χ0) is 17.6. The highest BCUT2D eigenvalue weighted by atomic mass is 19.1. The summed E-state index contributed by atoms with van der Waals surface area (Å²) in [7, 11) is 1.81. The lowest BCUT2D eigenvalue weighted by atomic mass is 10.1. The number of hydrogen-bond donors (Lipinski definition) is 1. The molecule has 1 aromatic carbocycles. The van der Waals surface area contributed by atoms with Crippen LogP contribution in [0.15, 0.2) is 42.5 Å². The molecule has 3 rings (SSSR count). The highest BCUT2D eigenvalue weighted by molar-refractivity contribution is 5.76. The molecule has 1 atom stereocenters. The molecular weight excluding hydrogens is 321 g/mol. The normalized spacial score (nSPS) is 17.4. The number of aromatic nitrogens is 1. The maximum absolute atomic E-state index is 13.7. The van der Waals surface area contributed by atoms with Gasteiger partial charge in [-0.3, -0.25) is 4.79 Å². The Bertz CT molecular complexity index is 738. The zero-order valence-corrected chi connectivity index (χ0v) is 14.2. The van der Waals surface area contributed by atoms with Crippen molar-refractivity contribution in [2.45, 2.75) is 18.9 Å². The number of benzene rings is 1. The first kappa shape index (κ1) is 17.4. The first-order valence-electron chi connectivity index (χ1n) is 8.45. The Kier molecular flexibility index (Phi) is 5.60. The van der Waals surface area contributed by atoms with E-state index < -0.39 is 0 Å². The predicted octanol–water partition coefficient (Wildman–Crippen LogP) is 2.80. The van der Waals surface area contributed by atoms with Crippen LogP contribution < -0.4 is 5.32 Å². The minimum atomic E-state index is -0.261. The zero-order valence-electron chi connectivity index (χ0n) is 14.2. The Morgan fingerprint density at radius 2 is 2.16 bits per heavy atom. The van der Waals surface area contributed by atoms with Crippen molar-refractivity contribution >= 4 is 11.7 Å². The first-order valence-corrected chi connectivity index (χ1v) is 8.45. The Morgan fingerprint density at radius 3 is 2.96 bits per heavy atom. The average Bonchev–Trinajstić information content (AvgIpc) is 2.67. The number of pyridine rings is 1. The fourth-order valence-corrected chi connectivity index (χ4v) is 2.93. The lowest BCUT2D eigenvalue weighted by Gasteiger charge is -2.33. The Labute approximate surface area is 146 Å². The van der Waals surface area contributed by atoms with E-state index in [1.54, 1.807) is 23.1 Å². The number of amides is 1. The van der Waals surface area contributed by atoms with Gasteiger partial charge in [0.15, 0.2) is 0 Å². The molecule has 0 spiro atoms. The van der Waals surface area contributed by atoms with Crippen molar-refractivity contribution in [2.75, 3.05) is 32.1 Å². The van der Waals surface area contributed by atoms with Crippen molar-refractivity contribution in [3.05, 3.63) is 59.5 Å². The fourth-order valence-electron chi connectivity index (χ4n) is 2.93. The van der Waals surface area contributed by atoms with Gasteiger partial charge in [-0.1, -0.05) is 24.3 Å². The van der Waals surface area contributed by atoms with Crippen molar-refractivity contribution < 1.29 is 13.9 Å². The molecule has 132 valence electrons. The Hall–Kier alpha value is -2.47. The summed E-state index contributed by atoms with van der Waals surface area (Å²) in [5.74, 6) is 0.522. The largest absolute Gasteiger partial charge is 0.373 e. The molecule has 2 aromatic rings. The number of halogens is 1. The third-order valence-electron chi connectivity index (χ3n) is 4.34. The second-order valence-corrected chi connectivity index (χ2v) is 5.99. The van der Waals surface area contributed by atoms with Gasteiger partial charge in [-0.25, -0.2) is 9.37 Å². The van der Waals surface area contributed by atoms with Crippen LogP contribution in [0.25, 0.3) is 0 Å². The quantitative estimate of drug-likeness (QED) is 0.907. The number of carbonyl (C=O) groups is 1. The van der Waals surface area contributed by atoms with Crippen molar-refractivity contribution in [2.24, 2.45) is 0 Å². The number of anilines is 1. The van der Waals surface area contributed by atoms with E-state index in [-0.39, 0.29) is 24.2 Å². The van der Waals surface area contributed by atoms with Gasteiger partial charge in [0.2, 0.25) is 5.91 Å². The van der Waals surface area contributed by atoms with E-state index >= 15 is 0 Å². The summed E-state index contributed by atoms with van der Waals surface area (Å²) in [6.07, 6.45) is 0.457. The third-order valence-corrected chi connectivity index (χ3v) is 4.34. The molecule has 2 heterocycles. The SMILES string of the molecule is CNc1cccc(C2CN(C(=O)CCc3ccccc3F)CCO2)n1. The number of aryl methyl sites for hydroxylation is 1. The van der Waals surface area contributed by atoms with E-state index in [0.717, 1.165) is 11.5 Å². The molecule has 1 aliphatic rings. The molecule has 5 nitrogen and oxygen atoms in total. The molecular formula is C19H22FN3O2. The molecule has 1 N–H and O–H groups in total. The summed E-state index contributed by atoms with van der Waals surface area (Å²) in [4.78, 5) is 18.8. The van der Waals surface area contributed by atoms with E-state index in [1.165, 1.54) is 6.07 Å². The van der Waals surface area contributed by atoms with Crippen LogP contribution in [-0.2, 0) is 16.0 Å². The second kappa shape index (κ2) is 8.07. The summed E-state index contributed by atoms with van der Waals surface area (Å²) < 4.78 is 19.5. The van der Waals surface area contributed by atoms with Crippen LogP contribution in [0.4, 0.5) is 10.2 Å². The summed E-state index contributed by atoms with van der Waals surface area (Å²) in [5.41, 5.74) is 1.38. The van der Waals surface area contributed by atoms with E-state index in [2.05, 4.69) is 10.3 Å². The number of hydrogen-bond acceptors (Lipinski definition) is 4. The van der Waals surface area contributed by atoms with Crippen LogP contribution in [0, 0.1) is 5.82 Å². The van der Waals surface area contributed by atoms with Gasteiger partial charge in [-0.2, -0.15) is 0 Å². The van der Waals surface area contributed by atoms with Gasteiger partial charge >= 0.3 is 0 Å². The van der Waals surface area contributed by atoms with Crippen LogP contribution >= 0.6 is 0 Å². The minimum absolute atomic E-state index is 0.0151. The van der Waals surface area contributed by atoms with Gasteiger partial charge < -0.3 is 15.0 Å². The predicted molar refractivity (Wildman–Crippen MR) is 93.8 cm³/mol. The van der Waals surface area contributed by atoms with E-state index in [9.17, 15) is 9.18 Å². The summed E-state index contributed by atoms with van der Waals surface area (Å²) >= 11 is 0. The summed E-state index contributed by atoms with van der Waals surface area (Å²) in [5, 5.41) is 3.00. The monoisotopic (exact) mass is 343 g/mol. The number of rotatable bonds is 5. The van der Waals surface area contributed by atoms with E-state index in [1.807, 2.05) is 25.2 Å². The van der Waals surface area contributed by atoms with Crippen LogP contribution in [0.2, 0.25) is 0 Å². The van der Waals surface area contributed by atoms with Crippen molar-refractivity contribution in [1.29, 1.82) is 0 Å². The lowest BCUT2D eigenvalue weighted by Crippen LogP contribution is -2.42. The molecule has 0 radical (unpaired) electrons. The minimum Gasteiger partial charge on any atom is -0.373 e. The standard InChI is InChI=1S/C19H22FN3O2/c1-21-18-8-4-7-16(22-18)17-13-23(11-12-25-17)19(24)10-9-14-5-2-3-6-15(14)20/h2-8,17H,9-13H2,1H3,(H,21,22). The van der Waals surface area contributed by atoms with E-state index in [0.29, 0.717) is 31.7 Å². The molecule has 1 aliphatic heterocycles. The molecule has 0 bridgehead atoms. The van der Waals surface area contributed by atoms with Crippen LogP contribution in [0.3, 0.4) is 0 Å². The number of ether oxygens (including phenoxy) is 1. The van der Waals surface area contributed by atoms with Gasteiger partial charge in [0.1, 0.15) is 17.7 Å². The second-order valence-electron chi connectivity index (χ2n) is 5.99. The fraction of sp³-hybridized carbons (Fsp3) is 0.368. The molecule has 1 aromatic heterocycles. The van der Waals surface area contributed by atoms with Crippen molar-refractivity contribution in [3.8, 4) is 0 Å². The summed E-state index contributed by atoms with van der Waals surface area (Å²) in [6.45, 7) is 1.50. The molecule has 25 heavy (non-hydrogen) atoms. The van der Waals surface area contributed by atoms with Gasteiger partial charge in [-0.05, 0) is 30.2 Å². The molecule has 1 fully saturated rings. The number of carbonyl (C=O) groups excluding carboxylic acids is 1. The van der Waals surface area contributed by atoms with Crippen molar-refractivity contribution in [3.63, 3.8) is 0 Å². The first-order chi connectivity index (χ1) is 12.2. The Morgan fingerprint density at radius 1 is 1.32 bits per heavy atom. The average molecular weight is 343 g/mol. The third kappa shape index (κ3) is 4.33. The van der Waals surface area contributed by atoms with Crippen LogP contribution in [0.5, 0.6) is 0 Å². The van der Waals surface area contributed by atoms with Crippen molar-refractivity contribution in [1.82, 2.24) is 9.88 Å². The van der Waals surface area contributed by atoms with E-state index in [4.69, 9.17) is 4.74 Å².